The molecule has 0 saturated carbocycles. The Morgan fingerprint density at radius 3 is 1.89 bits per heavy atom. The van der Waals surface area contributed by atoms with Crippen molar-refractivity contribution < 1.29 is 34.5 Å². The molecule has 0 aromatic carbocycles. The summed E-state index contributed by atoms with van der Waals surface area (Å²) in [6, 6.07) is -4.96. The van der Waals surface area contributed by atoms with Crippen LogP contribution in [0.2, 0.25) is 0 Å². The van der Waals surface area contributed by atoms with E-state index in [4.69, 9.17) is 16.6 Å². The number of unbranched alkanes of at least 4 members (excludes halogenated alkanes) is 1. The molecule has 12 heteroatoms. The second-order valence-corrected chi connectivity index (χ2v) is 6.44. The average molecular weight is 405 g/mol. The van der Waals surface area contributed by atoms with Gasteiger partial charge in [0.25, 0.3) is 0 Å². The number of aliphatic hydroxyl groups excluding tert-OH is 2. The van der Waals surface area contributed by atoms with Crippen molar-refractivity contribution in [3.05, 3.63) is 0 Å². The second-order valence-electron chi connectivity index (χ2n) is 6.44. The summed E-state index contributed by atoms with van der Waals surface area (Å²) < 4.78 is 0. The minimum Gasteiger partial charge on any atom is -0.480 e. The smallest absolute Gasteiger partial charge is 0.328 e. The number of nitrogens with two attached hydrogens (primary N) is 2. The van der Waals surface area contributed by atoms with E-state index in [-0.39, 0.29) is 6.42 Å². The zero-order valence-corrected chi connectivity index (χ0v) is 16.1. The van der Waals surface area contributed by atoms with E-state index >= 15 is 0 Å². The number of carboxylic acid groups (broad SMARTS) is 1. The fourth-order valence-corrected chi connectivity index (χ4v) is 2.17. The summed E-state index contributed by atoms with van der Waals surface area (Å²) in [6.45, 7) is 2.19. The molecule has 0 rings (SSSR count). The first-order valence-corrected chi connectivity index (χ1v) is 8.93. The van der Waals surface area contributed by atoms with Crippen LogP contribution in [0.1, 0.15) is 33.1 Å². The predicted octanol–water partition coefficient (Wildman–Crippen LogP) is -3.63. The first kappa shape index (κ1) is 25.7. The maximum absolute atomic E-state index is 12.5. The zero-order valence-electron chi connectivity index (χ0n) is 16.1. The summed E-state index contributed by atoms with van der Waals surface area (Å²) >= 11 is 0. The maximum atomic E-state index is 12.5. The van der Waals surface area contributed by atoms with Crippen LogP contribution in [0.25, 0.3) is 0 Å². The summed E-state index contributed by atoms with van der Waals surface area (Å²) in [5, 5.41) is 34.6. The molecule has 0 radical (unpaired) electrons. The number of carboxylic acids is 1. The predicted molar refractivity (Wildman–Crippen MR) is 98.7 cm³/mol. The van der Waals surface area contributed by atoms with Crippen molar-refractivity contribution in [1.82, 2.24) is 16.0 Å². The summed E-state index contributed by atoms with van der Waals surface area (Å²) in [7, 11) is 0. The van der Waals surface area contributed by atoms with Crippen LogP contribution in [0.4, 0.5) is 0 Å². The summed E-state index contributed by atoms with van der Waals surface area (Å²) in [5.41, 5.74) is 10.9. The molecule has 12 nitrogen and oxygen atoms in total. The van der Waals surface area contributed by atoms with Crippen LogP contribution in [-0.4, -0.2) is 82.4 Å². The second kappa shape index (κ2) is 13.0. The average Bonchev–Trinajstić information content (AvgIpc) is 2.62. The molecule has 0 aliphatic carbocycles. The normalized spacial score (nSPS) is 16.2. The van der Waals surface area contributed by atoms with Gasteiger partial charge >= 0.3 is 5.97 Å². The van der Waals surface area contributed by atoms with Gasteiger partial charge < -0.3 is 42.7 Å². The summed E-state index contributed by atoms with van der Waals surface area (Å²) in [5.74, 6) is -3.79. The third-order valence-electron chi connectivity index (χ3n) is 3.86. The SMILES string of the molecule is CC(N)C(=O)NC(CCCCN)C(=O)NC(CO)C(=O)NC(C(=O)O)C(C)O. The molecule has 0 aromatic rings. The van der Waals surface area contributed by atoms with Crippen LogP contribution >= 0.6 is 0 Å². The van der Waals surface area contributed by atoms with Crippen molar-refractivity contribution in [2.75, 3.05) is 13.2 Å². The number of aliphatic carboxylic acids is 1. The molecule has 5 unspecified atom stereocenters. The molecule has 0 aromatic heterocycles. The maximum Gasteiger partial charge on any atom is 0.328 e. The van der Waals surface area contributed by atoms with E-state index in [9.17, 15) is 29.4 Å². The number of amides is 3. The quantitative estimate of drug-likeness (QED) is 0.142. The van der Waals surface area contributed by atoms with Crippen molar-refractivity contribution in [3.8, 4) is 0 Å². The van der Waals surface area contributed by atoms with Crippen LogP contribution < -0.4 is 27.4 Å². The monoisotopic (exact) mass is 405 g/mol. The van der Waals surface area contributed by atoms with Gasteiger partial charge in [0, 0.05) is 0 Å². The van der Waals surface area contributed by atoms with Crippen molar-refractivity contribution in [2.45, 2.75) is 63.4 Å². The number of rotatable bonds is 13. The van der Waals surface area contributed by atoms with Gasteiger partial charge in [0.15, 0.2) is 6.04 Å². The highest BCUT2D eigenvalue weighted by atomic mass is 16.4. The first-order chi connectivity index (χ1) is 13.0. The van der Waals surface area contributed by atoms with E-state index in [1.54, 1.807) is 0 Å². The van der Waals surface area contributed by atoms with Crippen LogP contribution in [0.5, 0.6) is 0 Å². The molecule has 0 spiro atoms. The van der Waals surface area contributed by atoms with Gasteiger partial charge in [-0.2, -0.15) is 0 Å². The van der Waals surface area contributed by atoms with Gasteiger partial charge in [-0.1, -0.05) is 0 Å². The van der Waals surface area contributed by atoms with Gasteiger partial charge in [0.2, 0.25) is 17.7 Å². The Bertz CT molecular complexity index is 541. The molecule has 0 fully saturated rings. The van der Waals surface area contributed by atoms with Crippen LogP contribution in [0, 0.1) is 0 Å². The number of carbonyl (C=O) groups excluding carboxylic acids is 3. The van der Waals surface area contributed by atoms with E-state index in [0.29, 0.717) is 19.4 Å². The molecule has 3 amide bonds. The number of hydrogen-bond donors (Lipinski definition) is 8. The Kier molecular flexibility index (Phi) is 11.9. The lowest BCUT2D eigenvalue weighted by Gasteiger charge is -2.24. The number of aliphatic hydroxyl groups is 2. The third kappa shape index (κ3) is 9.08. The van der Waals surface area contributed by atoms with Gasteiger partial charge in [-0.15, -0.1) is 0 Å². The lowest BCUT2D eigenvalue weighted by Crippen LogP contribution is -2.59. The molecule has 0 bridgehead atoms. The molecule has 162 valence electrons. The summed E-state index contributed by atoms with van der Waals surface area (Å²) in [6.07, 6.45) is -0.0402. The van der Waals surface area contributed by atoms with E-state index in [0.717, 1.165) is 0 Å². The lowest BCUT2D eigenvalue weighted by molar-refractivity contribution is -0.145. The Morgan fingerprint density at radius 1 is 0.929 bits per heavy atom. The largest absolute Gasteiger partial charge is 0.480 e. The molecule has 0 saturated heterocycles. The van der Waals surface area contributed by atoms with Crippen molar-refractivity contribution >= 4 is 23.7 Å². The molecule has 28 heavy (non-hydrogen) atoms. The molecule has 10 N–H and O–H groups in total. The van der Waals surface area contributed by atoms with Gasteiger partial charge in [-0.25, -0.2) is 4.79 Å². The van der Waals surface area contributed by atoms with Gasteiger partial charge in [0.1, 0.15) is 12.1 Å². The third-order valence-corrected chi connectivity index (χ3v) is 3.86. The zero-order chi connectivity index (χ0) is 21.9. The highest BCUT2D eigenvalue weighted by molar-refractivity contribution is 5.94. The first-order valence-electron chi connectivity index (χ1n) is 8.93. The number of hydrogen-bond acceptors (Lipinski definition) is 8. The van der Waals surface area contributed by atoms with Crippen molar-refractivity contribution in [2.24, 2.45) is 11.5 Å². The molecular weight excluding hydrogens is 374 g/mol. The minimum absolute atomic E-state index is 0.229. The van der Waals surface area contributed by atoms with E-state index in [2.05, 4.69) is 10.6 Å². The molecule has 0 aliphatic rings. The van der Waals surface area contributed by atoms with Crippen molar-refractivity contribution in [1.29, 1.82) is 0 Å². The number of nitrogens with one attached hydrogen (secondary N) is 3. The lowest BCUT2D eigenvalue weighted by atomic mass is 10.1. The Morgan fingerprint density at radius 2 is 1.46 bits per heavy atom. The Labute approximate surface area is 163 Å². The fourth-order valence-electron chi connectivity index (χ4n) is 2.17. The van der Waals surface area contributed by atoms with Gasteiger partial charge in [-0.3, -0.25) is 14.4 Å². The Hall–Kier alpha value is -2.28. The van der Waals surface area contributed by atoms with E-state index < -0.39 is 60.6 Å². The molecule has 0 heterocycles. The van der Waals surface area contributed by atoms with E-state index in [1.807, 2.05) is 5.32 Å². The van der Waals surface area contributed by atoms with Crippen LogP contribution in [0.15, 0.2) is 0 Å². The topological polar surface area (TPSA) is 217 Å². The molecular formula is C16H31N5O7. The van der Waals surface area contributed by atoms with E-state index in [1.165, 1.54) is 13.8 Å². The van der Waals surface area contributed by atoms with Gasteiger partial charge in [-0.05, 0) is 39.7 Å². The van der Waals surface area contributed by atoms with Crippen LogP contribution in [0.3, 0.4) is 0 Å². The summed E-state index contributed by atoms with van der Waals surface area (Å²) in [4.78, 5) is 47.5. The van der Waals surface area contributed by atoms with Crippen molar-refractivity contribution in [3.63, 3.8) is 0 Å². The highest BCUT2D eigenvalue weighted by Gasteiger charge is 2.31. The molecule has 0 aliphatic heterocycles. The fraction of sp³-hybridized carbons (Fsp3) is 0.750. The number of carbonyl (C=O) groups is 4. The van der Waals surface area contributed by atoms with Crippen LogP contribution in [-0.2, 0) is 19.2 Å². The minimum atomic E-state index is -1.61. The molecule has 5 atom stereocenters. The highest BCUT2D eigenvalue weighted by Crippen LogP contribution is 2.03. The Balaban J connectivity index is 5.11. The van der Waals surface area contributed by atoms with Gasteiger partial charge in [0.05, 0.1) is 18.8 Å². The standard InChI is InChI=1S/C16H31N5O7/c1-8(18)13(24)19-10(5-3-4-6-17)14(25)20-11(7-22)15(26)21-12(9(2)23)16(27)28/h8-12,22-23H,3-7,17-18H2,1-2H3,(H,19,24)(H,20,25)(H,21,26)(H,27,28).